The first-order valence-electron chi connectivity index (χ1n) is 9.21. The number of rotatable bonds is 13. The Morgan fingerprint density at radius 2 is 1.85 bits per heavy atom. The molecule has 2 N–H and O–H groups in total. The summed E-state index contributed by atoms with van der Waals surface area (Å²) in [5.41, 5.74) is 1.11. The minimum atomic E-state index is 0.587. The molecule has 0 saturated heterocycles. The molecular formula is C19H32BrN3O3. The van der Waals surface area contributed by atoms with Gasteiger partial charge in [0.1, 0.15) is 5.75 Å². The fourth-order valence-electron chi connectivity index (χ4n) is 2.13. The standard InChI is InChI=1S/C19H32BrN3O3/c1-4-6-10-25-12-13-26-11-9-22-19(21-5-2)23-15-16-7-8-18(24-3)17(20)14-16/h7-8,14H,4-6,9-13,15H2,1-3H3,(H2,21,22,23). The van der Waals surface area contributed by atoms with Gasteiger partial charge in [-0.15, -0.1) is 0 Å². The highest BCUT2D eigenvalue weighted by molar-refractivity contribution is 9.10. The molecule has 1 rings (SSSR count). The van der Waals surface area contributed by atoms with Crippen LogP contribution in [0.2, 0.25) is 0 Å². The van der Waals surface area contributed by atoms with Crippen molar-refractivity contribution in [2.24, 2.45) is 4.99 Å². The molecule has 0 amide bonds. The number of benzene rings is 1. The number of aliphatic imine (C=N–C) groups is 1. The zero-order valence-corrected chi connectivity index (χ0v) is 17.7. The molecule has 0 fully saturated rings. The van der Waals surface area contributed by atoms with Crippen LogP contribution in [0.3, 0.4) is 0 Å². The lowest BCUT2D eigenvalue weighted by Crippen LogP contribution is -2.39. The summed E-state index contributed by atoms with van der Waals surface area (Å²) >= 11 is 3.50. The molecule has 7 heteroatoms. The summed E-state index contributed by atoms with van der Waals surface area (Å²) in [6.07, 6.45) is 2.26. The van der Waals surface area contributed by atoms with Crippen molar-refractivity contribution in [3.63, 3.8) is 0 Å². The molecule has 0 aliphatic heterocycles. The van der Waals surface area contributed by atoms with Crippen molar-refractivity contribution in [2.45, 2.75) is 33.2 Å². The second kappa shape index (κ2) is 14.8. The van der Waals surface area contributed by atoms with E-state index >= 15 is 0 Å². The zero-order chi connectivity index (χ0) is 19.0. The normalized spacial score (nSPS) is 11.5. The van der Waals surface area contributed by atoms with Gasteiger partial charge in [0.2, 0.25) is 0 Å². The maximum atomic E-state index is 5.56. The Morgan fingerprint density at radius 3 is 2.50 bits per heavy atom. The molecule has 0 aliphatic rings. The van der Waals surface area contributed by atoms with Crippen LogP contribution in [0, 0.1) is 0 Å². The predicted octanol–water partition coefficient (Wildman–Crippen LogP) is 3.35. The highest BCUT2D eigenvalue weighted by Crippen LogP contribution is 2.25. The largest absolute Gasteiger partial charge is 0.496 e. The highest BCUT2D eigenvalue weighted by atomic mass is 79.9. The Hall–Kier alpha value is -1.31. The third kappa shape index (κ3) is 9.99. The summed E-state index contributed by atoms with van der Waals surface area (Å²) in [4.78, 5) is 4.60. The lowest BCUT2D eigenvalue weighted by Gasteiger charge is -2.12. The molecule has 148 valence electrons. The van der Waals surface area contributed by atoms with Crippen LogP contribution >= 0.6 is 15.9 Å². The molecule has 0 unspecified atom stereocenters. The molecule has 0 spiro atoms. The van der Waals surface area contributed by atoms with Crippen LogP contribution in [0.4, 0.5) is 0 Å². The van der Waals surface area contributed by atoms with E-state index in [1.165, 1.54) is 0 Å². The van der Waals surface area contributed by atoms with Gasteiger partial charge in [0.05, 0.1) is 37.9 Å². The van der Waals surface area contributed by atoms with Crippen LogP contribution in [-0.2, 0) is 16.0 Å². The molecule has 0 saturated carbocycles. The van der Waals surface area contributed by atoms with Gasteiger partial charge in [0, 0.05) is 19.7 Å². The van der Waals surface area contributed by atoms with Crippen LogP contribution in [0.15, 0.2) is 27.7 Å². The van der Waals surface area contributed by atoms with Crippen LogP contribution in [0.5, 0.6) is 5.75 Å². The molecule has 26 heavy (non-hydrogen) atoms. The summed E-state index contributed by atoms with van der Waals surface area (Å²) in [5, 5.41) is 6.51. The molecule has 0 aliphatic carbocycles. The number of nitrogens with one attached hydrogen (secondary N) is 2. The zero-order valence-electron chi connectivity index (χ0n) is 16.1. The van der Waals surface area contributed by atoms with Crippen LogP contribution in [0.25, 0.3) is 0 Å². The van der Waals surface area contributed by atoms with E-state index in [1.54, 1.807) is 7.11 Å². The van der Waals surface area contributed by atoms with Gasteiger partial charge < -0.3 is 24.8 Å². The number of guanidine groups is 1. The predicted molar refractivity (Wildman–Crippen MR) is 110 cm³/mol. The van der Waals surface area contributed by atoms with E-state index in [0.717, 1.165) is 47.7 Å². The number of unbranched alkanes of at least 4 members (excludes halogenated alkanes) is 1. The van der Waals surface area contributed by atoms with Gasteiger partial charge >= 0.3 is 0 Å². The van der Waals surface area contributed by atoms with E-state index in [2.05, 4.69) is 38.5 Å². The molecule has 0 atom stereocenters. The second-order valence-electron chi connectivity index (χ2n) is 5.67. The first-order valence-corrected chi connectivity index (χ1v) is 10.0. The Balaban J connectivity index is 2.29. The van der Waals surface area contributed by atoms with Crippen LogP contribution < -0.4 is 15.4 Å². The summed E-state index contributed by atoms with van der Waals surface area (Å²) in [5.74, 6) is 1.60. The van der Waals surface area contributed by atoms with Crippen molar-refractivity contribution in [1.82, 2.24) is 10.6 Å². The fourth-order valence-corrected chi connectivity index (χ4v) is 2.72. The third-order valence-electron chi connectivity index (χ3n) is 3.53. The minimum Gasteiger partial charge on any atom is -0.496 e. The Kier molecular flexibility index (Phi) is 13.0. The van der Waals surface area contributed by atoms with E-state index in [1.807, 2.05) is 25.1 Å². The summed E-state index contributed by atoms with van der Waals surface area (Å²) in [6, 6.07) is 5.97. The SMILES string of the molecule is CCCCOCCOCCNC(=NCc1ccc(OC)c(Br)c1)NCC. The van der Waals surface area contributed by atoms with Gasteiger partial charge in [0.15, 0.2) is 5.96 Å². The van der Waals surface area contributed by atoms with Gasteiger partial charge in [-0.3, -0.25) is 0 Å². The summed E-state index contributed by atoms with van der Waals surface area (Å²) in [7, 11) is 1.66. The molecule has 6 nitrogen and oxygen atoms in total. The quantitative estimate of drug-likeness (QED) is 0.286. The van der Waals surface area contributed by atoms with Crippen molar-refractivity contribution < 1.29 is 14.2 Å². The number of methoxy groups -OCH3 is 1. The summed E-state index contributed by atoms with van der Waals surface area (Å²) in [6.45, 7) is 9.01. The van der Waals surface area contributed by atoms with Crippen LogP contribution in [0.1, 0.15) is 32.3 Å². The lowest BCUT2D eigenvalue weighted by atomic mass is 10.2. The third-order valence-corrected chi connectivity index (χ3v) is 4.15. The van der Waals surface area contributed by atoms with Crippen molar-refractivity contribution >= 4 is 21.9 Å². The van der Waals surface area contributed by atoms with Crippen molar-refractivity contribution in [1.29, 1.82) is 0 Å². The van der Waals surface area contributed by atoms with Gasteiger partial charge in [-0.2, -0.15) is 0 Å². The second-order valence-corrected chi connectivity index (χ2v) is 6.52. The van der Waals surface area contributed by atoms with E-state index in [9.17, 15) is 0 Å². The van der Waals surface area contributed by atoms with Crippen molar-refractivity contribution in [2.75, 3.05) is 46.6 Å². The van der Waals surface area contributed by atoms with Crippen molar-refractivity contribution in [3.05, 3.63) is 28.2 Å². The molecular weight excluding hydrogens is 398 g/mol. The molecule has 1 aromatic rings. The number of hydrogen-bond acceptors (Lipinski definition) is 4. The molecule has 1 aromatic carbocycles. The molecule has 0 radical (unpaired) electrons. The van der Waals surface area contributed by atoms with Gasteiger partial charge in [-0.1, -0.05) is 19.4 Å². The van der Waals surface area contributed by atoms with Gasteiger partial charge in [-0.05, 0) is 47.0 Å². The monoisotopic (exact) mass is 429 g/mol. The Bertz CT molecular complexity index is 527. The summed E-state index contributed by atoms with van der Waals surface area (Å²) < 4.78 is 17.2. The first kappa shape index (κ1) is 22.7. The Labute approximate surface area is 165 Å². The topological polar surface area (TPSA) is 64.1 Å². The fraction of sp³-hybridized carbons (Fsp3) is 0.632. The van der Waals surface area contributed by atoms with Gasteiger partial charge in [-0.25, -0.2) is 4.99 Å². The average molecular weight is 430 g/mol. The molecule has 0 aromatic heterocycles. The average Bonchev–Trinajstić information content (AvgIpc) is 2.64. The first-order chi connectivity index (χ1) is 12.7. The smallest absolute Gasteiger partial charge is 0.191 e. The molecule has 0 heterocycles. The lowest BCUT2D eigenvalue weighted by molar-refractivity contribution is 0.0487. The van der Waals surface area contributed by atoms with Gasteiger partial charge in [0.25, 0.3) is 0 Å². The number of halogens is 1. The number of ether oxygens (including phenoxy) is 3. The maximum Gasteiger partial charge on any atom is 0.191 e. The van der Waals surface area contributed by atoms with E-state index in [-0.39, 0.29) is 0 Å². The Morgan fingerprint density at radius 1 is 1.08 bits per heavy atom. The minimum absolute atomic E-state index is 0.587. The van der Waals surface area contributed by atoms with E-state index in [0.29, 0.717) is 32.9 Å². The van der Waals surface area contributed by atoms with E-state index in [4.69, 9.17) is 14.2 Å². The van der Waals surface area contributed by atoms with Crippen molar-refractivity contribution in [3.8, 4) is 5.75 Å². The molecule has 0 bridgehead atoms. The number of hydrogen-bond donors (Lipinski definition) is 2. The maximum absolute atomic E-state index is 5.56. The number of nitrogens with zero attached hydrogens (tertiary/aromatic N) is 1. The van der Waals surface area contributed by atoms with E-state index < -0.39 is 0 Å². The highest BCUT2D eigenvalue weighted by Gasteiger charge is 2.02. The van der Waals surface area contributed by atoms with Crippen LogP contribution in [-0.4, -0.2) is 52.6 Å².